The van der Waals surface area contributed by atoms with E-state index < -0.39 is 11.9 Å². The van der Waals surface area contributed by atoms with Gasteiger partial charge in [-0.05, 0) is 0 Å². The molecule has 0 aliphatic carbocycles. The maximum Gasteiger partial charge on any atom is 0.314 e. The summed E-state index contributed by atoms with van der Waals surface area (Å²) in [5.41, 5.74) is 0. The summed E-state index contributed by atoms with van der Waals surface area (Å²) in [7, 11) is 0. The molecule has 0 aromatic carbocycles. The minimum absolute atomic E-state index is 0.242. The highest BCUT2D eigenvalue weighted by Crippen LogP contribution is 1.93. The Labute approximate surface area is 67.9 Å². The van der Waals surface area contributed by atoms with E-state index in [2.05, 4.69) is 20.7 Å². The first kappa shape index (κ1) is 9.62. The Bertz CT molecular complexity index is 133. The average molecular weight is 209 g/mol. The van der Waals surface area contributed by atoms with Crippen molar-refractivity contribution in [2.24, 2.45) is 0 Å². The largest absolute Gasteiger partial charge is 0.393 e. The predicted molar refractivity (Wildman–Crippen MR) is 39.8 cm³/mol. The molecule has 0 atom stereocenters. The zero-order valence-corrected chi connectivity index (χ0v) is 7.31. The van der Waals surface area contributed by atoms with Crippen molar-refractivity contribution in [1.29, 1.82) is 0 Å². The van der Waals surface area contributed by atoms with E-state index in [1.165, 1.54) is 0 Å². The molecule has 0 spiro atoms. The van der Waals surface area contributed by atoms with E-state index >= 15 is 0 Å². The molecular weight excluding hydrogens is 200 g/mol. The molecule has 0 amide bonds. The Morgan fingerprint density at radius 2 is 2.00 bits per heavy atom. The van der Waals surface area contributed by atoms with Gasteiger partial charge < -0.3 is 4.74 Å². The third-order valence-corrected chi connectivity index (χ3v) is 1.21. The lowest BCUT2D eigenvalue weighted by molar-refractivity contribution is -0.159. The minimum Gasteiger partial charge on any atom is -0.393 e. The van der Waals surface area contributed by atoms with Crippen molar-refractivity contribution >= 4 is 27.9 Å². The SMILES string of the molecule is CCC(=O)OC(=O)CCBr. The van der Waals surface area contributed by atoms with E-state index in [-0.39, 0.29) is 12.8 Å². The fourth-order valence-electron chi connectivity index (χ4n) is 0.327. The molecule has 0 bridgehead atoms. The number of esters is 2. The highest BCUT2D eigenvalue weighted by Gasteiger charge is 2.05. The van der Waals surface area contributed by atoms with Crippen LogP contribution in [0.4, 0.5) is 0 Å². The topological polar surface area (TPSA) is 43.4 Å². The maximum atomic E-state index is 10.5. The second kappa shape index (κ2) is 5.41. The van der Waals surface area contributed by atoms with Gasteiger partial charge in [-0.2, -0.15) is 0 Å². The molecule has 0 radical (unpaired) electrons. The molecule has 0 saturated carbocycles. The van der Waals surface area contributed by atoms with Gasteiger partial charge >= 0.3 is 11.9 Å². The van der Waals surface area contributed by atoms with Gasteiger partial charge in [-0.15, -0.1) is 0 Å². The first-order valence-electron chi connectivity index (χ1n) is 3.00. The van der Waals surface area contributed by atoms with Crippen molar-refractivity contribution in [3.8, 4) is 0 Å². The first-order valence-corrected chi connectivity index (χ1v) is 4.12. The molecule has 0 rings (SSSR count). The summed E-state index contributed by atoms with van der Waals surface area (Å²) in [4.78, 5) is 21.0. The molecule has 0 N–H and O–H groups in total. The molecule has 0 aromatic rings. The highest BCUT2D eigenvalue weighted by atomic mass is 79.9. The summed E-state index contributed by atoms with van der Waals surface area (Å²) in [5, 5.41) is 0.531. The molecule has 3 nitrogen and oxygen atoms in total. The predicted octanol–water partition coefficient (Wildman–Crippen LogP) is 1.25. The second-order valence-electron chi connectivity index (χ2n) is 1.64. The molecule has 10 heavy (non-hydrogen) atoms. The third-order valence-electron chi connectivity index (χ3n) is 0.815. The lowest BCUT2D eigenvalue weighted by atomic mass is 10.5. The molecule has 0 unspecified atom stereocenters. The molecule has 4 heteroatoms. The first-order chi connectivity index (χ1) is 4.70. The molecular formula is C6H9BrO3. The zero-order valence-electron chi connectivity index (χ0n) is 5.72. The van der Waals surface area contributed by atoms with Crippen molar-refractivity contribution in [1.82, 2.24) is 0 Å². The van der Waals surface area contributed by atoms with E-state index in [1.54, 1.807) is 6.92 Å². The lowest BCUT2D eigenvalue weighted by Gasteiger charge is -1.96. The number of carbonyl (C=O) groups excluding carboxylic acids is 2. The number of alkyl halides is 1. The summed E-state index contributed by atoms with van der Waals surface area (Å²) in [6.07, 6.45) is 0.486. The molecule has 0 saturated heterocycles. The lowest BCUT2D eigenvalue weighted by Crippen LogP contribution is -2.10. The number of halogens is 1. The van der Waals surface area contributed by atoms with Gasteiger partial charge in [0.05, 0.1) is 6.42 Å². The van der Waals surface area contributed by atoms with Crippen LogP contribution in [0.25, 0.3) is 0 Å². The van der Waals surface area contributed by atoms with Crippen LogP contribution in [-0.2, 0) is 14.3 Å². The van der Waals surface area contributed by atoms with Crippen LogP contribution >= 0.6 is 15.9 Å². The van der Waals surface area contributed by atoms with Gasteiger partial charge in [-0.25, -0.2) is 0 Å². The van der Waals surface area contributed by atoms with Crippen LogP contribution in [0.1, 0.15) is 19.8 Å². The number of ether oxygens (including phenoxy) is 1. The van der Waals surface area contributed by atoms with E-state index in [0.717, 1.165) is 0 Å². The normalized spacial score (nSPS) is 9.00. The Balaban J connectivity index is 3.47. The maximum absolute atomic E-state index is 10.5. The second-order valence-corrected chi connectivity index (χ2v) is 2.43. The smallest absolute Gasteiger partial charge is 0.314 e. The summed E-state index contributed by atoms with van der Waals surface area (Å²) >= 11 is 3.05. The van der Waals surface area contributed by atoms with Crippen molar-refractivity contribution in [2.45, 2.75) is 19.8 Å². The highest BCUT2D eigenvalue weighted by molar-refractivity contribution is 9.09. The Morgan fingerprint density at radius 3 is 2.40 bits per heavy atom. The van der Waals surface area contributed by atoms with Gasteiger partial charge in [0, 0.05) is 11.8 Å². The van der Waals surface area contributed by atoms with Crippen LogP contribution in [0.15, 0.2) is 0 Å². The third kappa shape index (κ3) is 4.49. The van der Waals surface area contributed by atoms with E-state index in [9.17, 15) is 9.59 Å². The van der Waals surface area contributed by atoms with Gasteiger partial charge in [0.15, 0.2) is 0 Å². The van der Waals surface area contributed by atoms with Crippen molar-refractivity contribution in [3.05, 3.63) is 0 Å². The quantitative estimate of drug-likeness (QED) is 0.399. The fraction of sp³-hybridized carbons (Fsp3) is 0.667. The molecule has 58 valence electrons. The molecule has 0 heterocycles. The summed E-state index contributed by atoms with van der Waals surface area (Å²) in [6, 6.07) is 0. The van der Waals surface area contributed by atoms with Crippen molar-refractivity contribution in [2.75, 3.05) is 5.33 Å². The van der Waals surface area contributed by atoms with Crippen LogP contribution in [0, 0.1) is 0 Å². The van der Waals surface area contributed by atoms with E-state index in [1.807, 2.05) is 0 Å². The molecule has 0 aliphatic rings. The van der Waals surface area contributed by atoms with E-state index in [4.69, 9.17) is 0 Å². The van der Waals surface area contributed by atoms with Crippen LogP contribution in [0.3, 0.4) is 0 Å². The van der Waals surface area contributed by atoms with Gasteiger partial charge in [0.25, 0.3) is 0 Å². The van der Waals surface area contributed by atoms with Gasteiger partial charge in [0.1, 0.15) is 0 Å². The molecule has 0 aromatic heterocycles. The molecule has 0 aliphatic heterocycles. The average Bonchev–Trinajstić information content (AvgIpc) is 1.88. The number of hydrogen-bond donors (Lipinski definition) is 0. The van der Waals surface area contributed by atoms with Crippen molar-refractivity contribution < 1.29 is 14.3 Å². The summed E-state index contributed by atoms with van der Waals surface area (Å²) in [5.74, 6) is -0.935. The number of hydrogen-bond acceptors (Lipinski definition) is 3. The van der Waals surface area contributed by atoms with Gasteiger partial charge in [0.2, 0.25) is 0 Å². The van der Waals surface area contributed by atoms with Gasteiger partial charge in [-0.3, -0.25) is 9.59 Å². The van der Waals surface area contributed by atoms with Crippen LogP contribution in [0.5, 0.6) is 0 Å². The van der Waals surface area contributed by atoms with Crippen LogP contribution in [0.2, 0.25) is 0 Å². The minimum atomic E-state index is -0.469. The van der Waals surface area contributed by atoms with Crippen LogP contribution < -0.4 is 0 Å². The fourth-order valence-corrected chi connectivity index (χ4v) is 0.651. The Morgan fingerprint density at radius 1 is 1.40 bits per heavy atom. The number of rotatable bonds is 3. The summed E-state index contributed by atoms with van der Waals surface area (Å²) in [6.45, 7) is 1.64. The standard InChI is InChI=1S/C6H9BrO3/c1-2-5(8)10-6(9)3-4-7/h2-4H2,1H3. The van der Waals surface area contributed by atoms with Crippen LogP contribution in [-0.4, -0.2) is 17.3 Å². The zero-order chi connectivity index (χ0) is 7.98. The van der Waals surface area contributed by atoms with Gasteiger partial charge in [-0.1, -0.05) is 22.9 Å². The summed E-state index contributed by atoms with van der Waals surface area (Å²) < 4.78 is 4.33. The van der Waals surface area contributed by atoms with E-state index in [0.29, 0.717) is 5.33 Å². The number of carbonyl (C=O) groups is 2. The Kier molecular flexibility index (Phi) is 5.20. The van der Waals surface area contributed by atoms with Crippen molar-refractivity contribution in [3.63, 3.8) is 0 Å². The molecule has 0 fully saturated rings. The Hall–Kier alpha value is -0.380. The monoisotopic (exact) mass is 208 g/mol.